The lowest BCUT2D eigenvalue weighted by Crippen LogP contribution is -2.46. The normalized spacial score (nSPS) is 17.2. The Hall–Kier alpha value is -3.76. The first kappa shape index (κ1) is 32.5. The van der Waals surface area contributed by atoms with E-state index >= 15 is 0 Å². The molecule has 1 aromatic heterocycles. The summed E-state index contributed by atoms with van der Waals surface area (Å²) in [6.07, 6.45) is 5.77. The summed E-state index contributed by atoms with van der Waals surface area (Å²) in [5.74, 6) is -2.67. The number of esters is 1. The molecule has 4 atom stereocenters. The molecular weight excluding hydrogens is 516 g/mol. The Balaban J connectivity index is 2.21. The minimum atomic E-state index is -0.840. The molecule has 220 valence electrons. The molecule has 0 radical (unpaired) electrons. The summed E-state index contributed by atoms with van der Waals surface area (Å²) in [5.41, 5.74) is 1.06. The van der Waals surface area contributed by atoms with Crippen molar-refractivity contribution in [3.05, 3.63) is 41.3 Å². The summed E-state index contributed by atoms with van der Waals surface area (Å²) in [4.78, 5) is 63.7. The van der Waals surface area contributed by atoms with Crippen LogP contribution in [-0.2, 0) is 23.9 Å². The van der Waals surface area contributed by atoms with Gasteiger partial charge in [0, 0.05) is 43.0 Å². The second-order valence-electron chi connectivity index (χ2n) is 10.6. The van der Waals surface area contributed by atoms with Crippen molar-refractivity contribution < 1.29 is 33.2 Å². The van der Waals surface area contributed by atoms with Gasteiger partial charge in [-0.3, -0.25) is 19.2 Å². The number of nitrogens with one attached hydrogen (secondary N) is 3. The summed E-state index contributed by atoms with van der Waals surface area (Å²) in [6, 6.07) is 0.0240. The quantitative estimate of drug-likeness (QED) is 0.169. The molecule has 11 heteroatoms. The van der Waals surface area contributed by atoms with Crippen LogP contribution < -0.4 is 16.0 Å². The Morgan fingerprint density at radius 2 is 1.95 bits per heavy atom. The second kappa shape index (κ2) is 15.7. The lowest BCUT2D eigenvalue weighted by Gasteiger charge is -2.25. The number of rotatable bonds is 15. The number of amides is 3. The van der Waals surface area contributed by atoms with E-state index in [-0.39, 0.29) is 48.2 Å². The molecule has 40 heavy (non-hydrogen) atoms. The zero-order chi connectivity index (χ0) is 29.8. The summed E-state index contributed by atoms with van der Waals surface area (Å²) in [7, 11) is 0. The van der Waals surface area contributed by atoms with Gasteiger partial charge in [-0.15, -0.1) is 0 Å². The highest BCUT2D eigenvalue weighted by Crippen LogP contribution is 2.20. The van der Waals surface area contributed by atoms with Crippen LogP contribution in [0.5, 0.6) is 0 Å². The molecule has 11 nitrogen and oxygen atoms in total. The number of aromatic nitrogens is 1. The van der Waals surface area contributed by atoms with E-state index in [1.165, 1.54) is 18.2 Å². The van der Waals surface area contributed by atoms with E-state index in [1.807, 2.05) is 33.8 Å². The molecule has 3 amide bonds. The molecule has 2 rings (SSSR count). The van der Waals surface area contributed by atoms with Crippen LogP contribution in [0.3, 0.4) is 0 Å². The van der Waals surface area contributed by atoms with Crippen LogP contribution in [0.4, 0.5) is 0 Å². The van der Waals surface area contributed by atoms with Crippen molar-refractivity contribution in [2.24, 2.45) is 17.8 Å². The fourth-order valence-electron chi connectivity index (χ4n) is 4.39. The van der Waals surface area contributed by atoms with Gasteiger partial charge < -0.3 is 25.2 Å². The van der Waals surface area contributed by atoms with Crippen LogP contribution in [0.2, 0.25) is 0 Å². The number of carbonyl (C=O) groups is 5. The first-order chi connectivity index (χ1) is 18.9. The van der Waals surface area contributed by atoms with Crippen molar-refractivity contribution in [1.82, 2.24) is 21.1 Å². The van der Waals surface area contributed by atoms with Crippen LogP contribution in [0.25, 0.3) is 0 Å². The molecule has 1 aliphatic rings. The maximum Gasteiger partial charge on any atom is 0.330 e. The van der Waals surface area contributed by atoms with Gasteiger partial charge in [-0.25, -0.2) is 4.79 Å². The SMILES string of the molecule is CCOC(=O)/C=C/[C@@H](C[C@@H]1CCNC1=O)NC(=O)C(CC=C(C)C)CC(=O)[C@H](NC(=O)c1cc(C)on1)C(C)C. The number of hydrogen-bond acceptors (Lipinski definition) is 8. The molecule has 0 saturated carbocycles. The van der Waals surface area contributed by atoms with E-state index in [1.54, 1.807) is 13.8 Å². The van der Waals surface area contributed by atoms with Crippen molar-refractivity contribution in [2.45, 2.75) is 79.3 Å². The zero-order valence-electron chi connectivity index (χ0n) is 24.2. The Morgan fingerprint density at radius 3 is 2.50 bits per heavy atom. The zero-order valence-corrected chi connectivity index (χ0v) is 24.2. The maximum absolute atomic E-state index is 13.5. The fraction of sp³-hybridized carbons (Fsp3) is 0.586. The fourth-order valence-corrected chi connectivity index (χ4v) is 4.39. The minimum Gasteiger partial charge on any atom is -0.463 e. The molecule has 1 aromatic rings. The van der Waals surface area contributed by atoms with E-state index < -0.39 is 29.9 Å². The molecule has 0 aliphatic carbocycles. The molecule has 3 N–H and O–H groups in total. The highest BCUT2D eigenvalue weighted by atomic mass is 16.5. The predicted octanol–water partition coefficient (Wildman–Crippen LogP) is 2.80. The van der Waals surface area contributed by atoms with Crippen LogP contribution in [-0.4, -0.2) is 59.9 Å². The highest BCUT2D eigenvalue weighted by Gasteiger charge is 2.32. The van der Waals surface area contributed by atoms with Crippen LogP contribution in [0.1, 0.15) is 76.6 Å². The number of allylic oxidation sites excluding steroid dienone is 2. The van der Waals surface area contributed by atoms with Crippen LogP contribution in [0, 0.1) is 24.7 Å². The van der Waals surface area contributed by atoms with Gasteiger partial charge in [-0.1, -0.05) is 36.7 Å². The van der Waals surface area contributed by atoms with Gasteiger partial charge in [0.25, 0.3) is 5.91 Å². The lowest BCUT2D eigenvalue weighted by molar-refractivity contribution is -0.137. The molecule has 1 fully saturated rings. The van der Waals surface area contributed by atoms with Crippen molar-refractivity contribution in [3.8, 4) is 0 Å². The first-order valence-corrected chi connectivity index (χ1v) is 13.7. The number of aryl methyl sites for hydroxylation is 1. The molecule has 0 spiro atoms. The molecule has 1 aliphatic heterocycles. The Kier molecular flexibility index (Phi) is 12.8. The summed E-state index contributed by atoms with van der Waals surface area (Å²) < 4.78 is 9.92. The third-order valence-corrected chi connectivity index (χ3v) is 6.57. The van der Waals surface area contributed by atoms with Gasteiger partial charge in [0.05, 0.1) is 12.6 Å². The lowest BCUT2D eigenvalue weighted by atomic mass is 9.89. The molecular formula is C29H42N4O7. The topological polar surface area (TPSA) is 157 Å². The Bertz CT molecular complexity index is 1120. The van der Waals surface area contributed by atoms with Gasteiger partial charge in [0.1, 0.15) is 5.76 Å². The maximum atomic E-state index is 13.5. The first-order valence-electron chi connectivity index (χ1n) is 13.7. The monoisotopic (exact) mass is 558 g/mol. The Morgan fingerprint density at radius 1 is 1.23 bits per heavy atom. The average molecular weight is 559 g/mol. The van der Waals surface area contributed by atoms with E-state index in [4.69, 9.17) is 9.26 Å². The highest BCUT2D eigenvalue weighted by molar-refractivity contribution is 5.97. The summed E-state index contributed by atoms with van der Waals surface area (Å²) >= 11 is 0. The largest absolute Gasteiger partial charge is 0.463 e. The van der Waals surface area contributed by atoms with Crippen molar-refractivity contribution in [1.29, 1.82) is 0 Å². The van der Waals surface area contributed by atoms with Crippen LogP contribution in [0.15, 0.2) is 34.4 Å². The van der Waals surface area contributed by atoms with Gasteiger partial charge >= 0.3 is 5.97 Å². The molecule has 1 unspecified atom stereocenters. The molecule has 0 bridgehead atoms. The third kappa shape index (κ3) is 10.4. The van der Waals surface area contributed by atoms with Gasteiger partial charge in [0.2, 0.25) is 11.8 Å². The standard InChI is InChI=1S/C29H42N4O7/c1-7-39-25(35)11-10-22(15-21-12-13-30-27(21)36)31-28(37)20(9-8-17(2)3)16-24(34)26(18(4)5)32-29(38)23-14-19(6)40-33-23/h8,10-11,14,18,20-22,26H,7,9,12-13,15-16H2,1-6H3,(H,30,36)(H,31,37)(H,32,38)/b11-10+/t20?,21-,22-,26+/m0/s1. The summed E-state index contributed by atoms with van der Waals surface area (Å²) in [5, 5.41) is 12.1. The van der Waals surface area contributed by atoms with Crippen molar-refractivity contribution in [3.63, 3.8) is 0 Å². The number of hydrogen-bond donors (Lipinski definition) is 3. The van der Waals surface area contributed by atoms with E-state index in [0.717, 1.165) is 5.57 Å². The molecule has 1 saturated heterocycles. The molecule has 0 aromatic carbocycles. The second-order valence-corrected chi connectivity index (χ2v) is 10.6. The number of ketones is 1. The van der Waals surface area contributed by atoms with E-state index in [9.17, 15) is 24.0 Å². The number of Topliss-reactive ketones (excluding diaryl/α,β-unsaturated/α-hetero) is 1. The van der Waals surface area contributed by atoms with E-state index in [0.29, 0.717) is 31.6 Å². The average Bonchev–Trinajstić information content (AvgIpc) is 3.50. The third-order valence-electron chi connectivity index (χ3n) is 6.57. The summed E-state index contributed by atoms with van der Waals surface area (Å²) in [6.45, 7) is 11.5. The molecule has 2 heterocycles. The number of nitrogens with zero attached hydrogens (tertiary/aromatic N) is 1. The van der Waals surface area contributed by atoms with E-state index in [2.05, 4.69) is 21.1 Å². The van der Waals surface area contributed by atoms with Crippen LogP contribution >= 0.6 is 0 Å². The van der Waals surface area contributed by atoms with Crippen molar-refractivity contribution >= 4 is 29.5 Å². The van der Waals surface area contributed by atoms with Gasteiger partial charge in [0.15, 0.2) is 11.5 Å². The van der Waals surface area contributed by atoms with Gasteiger partial charge in [-0.05, 0) is 52.9 Å². The minimum absolute atomic E-state index is 0.0713. The number of ether oxygens (including phenoxy) is 1. The predicted molar refractivity (Wildman–Crippen MR) is 148 cm³/mol. The smallest absolute Gasteiger partial charge is 0.330 e. The van der Waals surface area contributed by atoms with Crippen molar-refractivity contribution in [2.75, 3.05) is 13.2 Å². The van der Waals surface area contributed by atoms with Gasteiger partial charge in [-0.2, -0.15) is 0 Å². The Labute approximate surface area is 235 Å². The number of carbonyl (C=O) groups excluding carboxylic acids is 5.